The van der Waals surface area contributed by atoms with Gasteiger partial charge in [0.15, 0.2) is 0 Å². The number of piperazine rings is 1. The number of hydrogen-bond donors (Lipinski definition) is 6. The third-order valence-electron chi connectivity index (χ3n) is 21.9. The van der Waals surface area contributed by atoms with Crippen molar-refractivity contribution in [2.75, 3.05) is 81.4 Å². The monoisotopic (exact) mass is 1510 g/mol. The Morgan fingerprint density at radius 2 is 1.52 bits per heavy atom. The number of aryl methyl sites for hydroxylation is 1. The van der Waals surface area contributed by atoms with Gasteiger partial charge in [0.2, 0.25) is 23.6 Å². The first kappa shape index (κ1) is 78.2. The molecule has 5 aromatic rings. The Kier molecular flexibility index (Phi) is 24.0. The molecular formula is C77H101F3N10O10S4. The standard InChI is InChI=1S/C77H101F3N10O10S4/c1-50(52-18-20-53(21-19-52)67-51(2)82-49-102-67)83-71(95)64-39-59(91)44-90(64)72(96)68(73(3,4)5)85-66(92)17-13-10-14-32-81-69(93)56-29-33-87(43-56)34-30-57(45-101-60-15-11-9-12-16-60)84-63-27-26-61(40-65(63)103(97,98)77(78,79)80)104(99,100)86-70(94)54-22-24-58(25-23-54)89-37-35-88(36-38-89)42-55-28-31-74(6,7)41-62(55)76-46-75(8,47-76)48-76/h9,11-12,15-16,18-27,40,49-50,56-57,59,64,68,84,91H,10,13-14,17,28-39,41-48H2,1-8H3,(H,81,93)(H,83,95)(H,85,92)(H,86,94)/t50-,56+,57+,59+,64-,68+,75?,76?/m0/s1. The minimum Gasteiger partial charge on any atom is -0.391 e. The van der Waals surface area contributed by atoms with Crippen LogP contribution in [0, 0.1) is 34.5 Å². The first-order valence-corrected chi connectivity index (χ1v) is 41.3. The number of likely N-dealkylation sites (tertiary alicyclic amines) is 2. The van der Waals surface area contributed by atoms with Crippen LogP contribution in [0.1, 0.15) is 160 Å². The Labute approximate surface area is 618 Å². The molecule has 5 amide bonds. The van der Waals surface area contributed by atoms with Crippen molar-refractivity contribution in [1.82, 2.24) is 40.4 Å². The van der Waals surface area contributed by atoms with Crippen molar-refractivity contribution in [2.24, 2.45) is 27.6 Å². The molecule has 3 saturated carbocycles. The molecule has 12 rings (SSSR count). The normalized spacial score (nSPS) is 23.1. The predicted octanol–water partition coefficient (Wildman–Crippen LogP) is 11.7. The number of sulfone groups is 1. The van der Waals surface area contributed by atoms with Gasteiger partial charge in [-0.2, -0.15) is 13.2 Å². The number of thioether (sulfide) groups is 1. The lowest BCUT2D eigenvalue weighted by Gasteiger charge is -2.72. The number of benzene rings is 4. The summed E-state index contributed by atoms with van der Waals surface area (Å²) in [6.45, 7) is 22.3. The van der Waals surface area contributed by atoms with Crippen LogP contribution < -0.4 is 30.9 Å². The highest BCUT2D eigenvalue weighted by Crippen LogP contribution is 2.77. The number of thiazole rings is 1. The molecule has 4 heterocycles. The van der Waals surface area contributed by atoms with E-state index in [0.29, 0.717) is 74.2 Å². The van der Waals surface area contributed by atoms with E-state index in [0.717, 1.165) is 83.6 Å². The molecule has 564 valence electrons. The van der Waals surface area contributed by atoms with E-state index in [9.17, 15) is 59.1 Å². The molecule has 4 aromatic carbocycles. The number of hydrogen-bond acceptors (Lipinski definition) is 17. The number of aromatic nitrogens is 1. The van der Waals surface area contributed by atoms with Crippen LogP contribution in [-0.4, -0.2) is 172 Å². The van der Waals surface area contributed by atoms with E-state index in [4.69, 9.17) is 0 Å². The maximum Gasteiger partial charge on any atom is 0.501 e. The van der Waals surface area contributed by atoms with E-state index < -0.39 is 94.3 Å². The van der Waals surface area contributed by atoms with Crippen LogP contribution in [-0.2, 0) is 39.0 Å². The summed E-state index contributed by atoms with van der Waals surface area (Å²) in [5.41, 5.74) is 3.03. The van der Waals surface area contributed by atoms with E-state index in [1.54, 1.807) is 40.1 Å². The fraction of sp³-hybridized carbons (Fsp3) is 0.558. The van der Waals surface area contributed by atoms with Crippen molar-refractivity contribution in [1.29, 1.82) is 0 Å². The molecule has 2 bridgehead atoms. The summed E-state index contributed by atoms with van der Waals surface area (Å²) in [6, 6.07) is 22.9. The lowest BCUT2D eigenvalue weighted by molar-refractivity contribution is -0.167. The second-order valence-electron chi connectivity index (χ2n) is 31.9. The summed E-state index contributed by atoms with van der Waals surface area (Å²) >= 11 is 2.94. The van der Waals surface area contributed by atoms with Gasteiger partial charge in [0.1, 0.15) is 17.0 Å². The Morgan fingerprint density at radius 3 is 2.17 bits per heavy atom. The molecule has 1 aromatic heterocycles. The van der Waals surface area contributed by atoms with Gasteiger partial charge in [-0.25, -0.2) is 26.5 Å². The van der Waals surface area contributed by atoms with Crippen LogP contribution in [0.4, 0.5) is 24.5 Å². The molecule has 0 radical (unpaired) electrons. The van der Waals surface area contributed by atoms with Crippen molar-refractivity contribution >= 4 is 83.9 Å². The minimum atomic E-state index is -6.18. The Balaban J connectivity index is 0.640. The number of nitrogens with one attached hydrogen (secondary N) is 5. The van der Waals surface area contributed by atoms with Crippen molar-refractivity contribution in [2.45, 2.75) is 189 Å². The number of aliphatic hydroxyl groups excluding tert-OH is 1. The summed E-state index contributed by atoms with van der Waals surface area (Å²) in [6.07, 6.45) is 9.14. The number of unbranched alkanes of at least 4 members (excludes halogenated alkanes) is 2. The zero-order valence-electron chi connectivity index (χ0n) is 60.9. The van der Waals surface area contributed by atoms with E-state index in [1.165, 1.54) is 60.9 Å². The highest BCUT2D eigenvalue weighted by Gasteiger charge is 2.67. The van der Waals surface area contributed by atoms with Crippen molar-refractivity contribution < 1.29 is 59.1 Å². The molecule has 6 atom stereocenters. The topological polar surface area (TPSA) is 260 Å². The number of β-amino-alcohol motifs (C(OH)–C–C–N with tert-alkyl or cyclic N) is 1. The highest BCUT2D eigenvalue weighted by atomic mass is 32.2. The molecular weight excluding hydrogens is 1410 g/mol. The van der Waals surface area contributed by atoms with Gasteiger partial charge in [-0.15, -0.1) is 23.1 Å². The molecule has 20 nitrogen and oxygen atoms in total. The smallest absolute Gasteiger partial charge is 0.391 e. The lowest BCUT2D eigenvalue weighted by Crippen LogP contribution is -2.61. The third kappa shape index (κ3) is 18.6. The molecule has 27 heteroatoms. The number of anilines is 2. The summed E-state index contributed by atoms with van der Waals surface area (Å²) in [5.74, 6) is -2.54. The fourth-order valence-corrected chi connectivity index (χ4v) is 20.1. The van der Waals surface area contributed by atoms with E-state index in [2.05, 4.69) is 61.7 Å². The average molecular weight is 1510 g/mol. The molecule has 3 aliphatic heterocycles. The number of aliphatic hydroxyl groups is 1. The van der Waals surface area contributed by atoms with Gasteiger partial charge in [-0.05, 0) is 172 Å². The molecule has 6 N–H and O–H groups in total. The predicted molar refractivity (Wildman–Crippen MR) is 400 cm³/mol. The molecule has 6 fully saturated rings. The maximum atomic E-state index is 14.6. The number of carbonyl (C=O) groups is 5. The van der Waals surface area contributed by atoms with Gasteiger partial charge in [-0.3, -0.25) is 28.9 Å². The number of carbonyl (C=O) groups excluding carboxylic acids is 5. The minimum absolute atomic E-state index is 0.0213. The SMILES string of the molecule is Cc1ncsc1-c1ccc([C@H](C)NC(=O)[C@@H]2C[C@@H](O)CN2C(=O)[C@@H](NC(=O)CCCCCNC(=O)[C@@H]2CCN(CC[C@H](CSc3ccccc3)Nc3ccc(S(=O)(=O)NC(=O)c4ccc(N5CCN(CC6=C(C78CC(C)(C7)C8)CC(C)(C)CC6)CC5)cc4)cc3S(=O)(=O)C(F)(F)F)C2)C(C)(C)C)cc1. The number of amides is 5. The lowest BCUT2D eigenvalue weighted by atomic mass is 9.33. The summed E-state index contributed by atoms with van der Waals surface area (Å²) < 4.78 is 100. The van der Waals surface area contributed by atoms with Crippen LogP contribution in [0.15, 0.2) is 128 Å². The first-order chi connectivity index (χ1) is 49.1. The van der Waals surface area contributed by atoms with Gasteiger partial charge in [0.25, 0.3) is 25.8 Å². The van der Waals surface area contributed by atoms with E-state index >= 15 is 0 Å². The highest BCUT2D eigenvalue weighted by molar-refractivity contribution is 7.99. The van der Waals surface area contributed by atoms with Crippen LogP contribution in [0.5, 0.6) is 0 Å². The van der Waals surface area contributed by atoms with Crippen LogP contribution in [0.25, 0.3) is 10.4 Å². The van der Waals surface area contributed by atoms with Gasteiger partial charge in [0, 0.05) is 99.7 Å². The Morgan fingerprint density at radius 1 is 0.817 bits per heavy atom. The van der Waals surface area contributed by atoms with Crippen molar-refractivity contribution in [3.63, 3.8) is 0 Å². The summed E-state index contributed by atoms with van der Waals surface area (Å²) in [4.78, 5) is 80.9. The van der Waals surface area contributed by atoms with Gasteiger partial charge in [0.05, 0.1) is 44.7 Å². The second kappa shape index (κ2) is 31.9. The summed E-state index contributed by atoms with van der Waals surface area (Å²) in [5, 5.41) is 22.7. The molecule has 7 aliphatic rings. The van der Waals surface area contributed by atoms with Crippen molar-refractivity contribution in [3.8, 4) is 10.4 Å². The van der Waals surface area contributed by atoms with Gasteiger partial charge in [-0.1, -0.05) is 102 Å². The van der Waals surface area contributed by atoms with Gasteiger partial charge >= 0.3 is 5.51 Å². The number of nitrogens with zero attached hydrogens (tertiary/aromatic N) is 5. The zero-order chi connectivity index (χ0) is 74.7. The third-order valence-corrected chi connectivity index (χ3v) is 26.9. The van der Waals surface area contributed by atoms with Crippen LogP contribution in [0.2, 0.25) is 0 Å². The second-order valence-corrected chi connectivity index (χ2v) is 37.5. The van der Waals surface area contributed by atoms with Gasteiger partial charge < -0.3 is 41.1 Å². The molecule has 3 saturated heterocycles. The van der Waals surface area contributed by atoms with E-state index in [-0.39, 0.29) is 54.9 Å². The molecule has 104 heavy (non-hydrogen) atoms. The number of rotatable bonds is 29. The largest absolute Gasteiger partial charge is 0.501 e. The number of halogens is 3. The van der Waals surface area contributed by atoms with Crippen molar-refractivity contribution in [3.05, 3.63) is 131 Å². The number of sulfonamides is 1. The fourth-order valence-electron chi connectivity index (χ4n) is 16.2. The average Bonchev–Trinajstić information content (AvgIpc) is 0.688. The van der Waals surface area contributed by atoms with E-state index in [1.807, 2.05) is 93.9 Å². The summed E-state index contributed by atoms with van der Waals surface area (Å²) in [7, 11) is -11.1. The molecule has 0 spiro atoms. The maximum absolute atomic E-state index is 14.6. The quantitative estimate of drug-likeness (QED) is 0.0148. The number of alkyl halides is 3. The zero-order valence-corrected chi connectivity index (χ0v) is 64.1. The molecule has 4 aliphatic carbocycles. The van der Waals surface area contributed by atoms with Crippen LogP contribution in [0.3, 0.4) is 0 Å². The Hall–Kier alpha value is -6.88. The van der Waals surface area contributed by atoms with Crippen LogP contribution >= 0.6 is 23.1 Å². The Bertz CT molecular complexity index is 4180. The molecule has 0 unspecified atom stereocenters. The first-order valence-electron chi connectivity index (χ1n) is 36.4. The number of allylic oxidation sites excluding steroid dienone is 1.